The molecule has 1 aromatic heterocycles. The molecule has 156 valence electrons. The minimum atomic E-state index is -0.391. The lowest BCUT2D eigenvalue weighted by atomic mass is 10.0. The van der Waals surface area contributed by atoms with Gasteiger partial charge in [-0.3, -0.25) is 14.4 Å². The molecule has 2 heterocycles. The first kappa shape index (κ1) is 22.3. The molecular formula is C19H30N4O4S. The molecule has 1 aromatic rings. The van der Waals surface area contributed by atoms with E-state index in [0.717, 1.165) is 12.8 Å². The zero-order chi connectivity index (χ0) is 20.7. The van der Waals surface area contributed by atoms with Crippen molar-refractivity contribution in [3.05, 3.63) is 11.8 Å². The van der Waals surface area contributed by atoms with Crippen LogP contribution >= 0.6 is 11.8 Å². The van der Waals surface area contributed by atoms with Gasteiger partial charge < -0.3 is 20.1 Å². The molecule has 2 rings (SSSR count). The lowest BCUT2D eigenvalue weighted by Crippen LogP contribution is -2.47. The average molecular weight is 411 g/mol. The molecule has 1 saturated heterocycles. The number of nitrogens with one attached hydrogen (secondary N) is 2. The van der Waals surface area contributed by atoms with E-state index in [1.54, 1.807) is 19.9 Å². The van der Waals surface area contributed by atoms with E-state index in [-0.39, 0.29) is 29.5 Å². The number of carbonyl (C=O) groups excluding carboxylic acids is 3. The summed E-state index contributed by atoms with van der Waals surface area (Å²) in [5, 5.41) is 9.00. The molecule has 9 heteroatoms. The molecule has 0 saturated carbocycles. The Balaban J connectivity index is 1.66. The number of rotatable bonds is 8. The van der Waals surface area contributed by atoms with Crippen molar-refractivity contribution in [3.8, 4) is 0 Å². The van der Waals surface area contributed by atoms with Crippen molar-refractivity contribution >= 4 is 35.3 Å². The Bertz CT molecular complexity index is 683. The van der Waals surface area contributed by atoms with Gasteiger partial charge in [0.1, 0.15) is 5.76 Å². The second-order valence-corrected chi connectivity index (χ2v) is 8.91. The number of piperidine rings is 1. The quantitative estimate of drug-likeness (QED) is 0.681. The molecule has 1 fully saturated rings. The van der Waals surface area contributed by atoms with Gasteiger partial charge in [-0.05, 0) is 32.6 Å². The lowest BCUT2D eigenvalue weighted by Gasteiger charge is -2.33. The van der Waals surface area contributed by atoms with Gasteiger partial charge in [0.15, 0.2) is 5.82 Å². The fourth-order valence-corrected chi connectivity index (χ4v) is 3.65. The molecule has 1 aliphatic heterocycles. The van der Waals surface area contributed by atoms with Crippen LogP contribution in [0.4, 0.5) is 5.82 Å². The molecule has 28 heavy (non-hydrogen) atoms. The van der Waals surface area contributed by atoms with Crippen LogP contribution in [-0.2, 0) is 14.4 Å². The number of anilines is 1. The van der Waals surface area contributed by atoms with Gasteiger partial charge in [0.05, 0.1) is 11.0 Å². The summed E-state index contributed by atoms with van der Waals surface area (Å²) in [5.74, 6) is 1.44. The molecule has 1 aliphatic rings. The van der Waals surface area contributed by atoms with Crippen LogP contribution in [0.2, 0.25) is 0 Å². The summed E-state index contributed by atoms with van der Waals surface area (Å²) < 4.78 is 4.91. The van der Waals surface area contributed by atoms with Crippen molar-refractivity contribution in [2.24, 2.45) is 5.92 Å². The van der Waals surface area contributed by atoms with Crippen molar-refractivity contribution in [3.63, 3.8) is 0 Å². The highest BCUT2D eigenvalue weighted by atomic mass is 32.2. The van der Waals surface area contributed by atoms with E-state index >= 15 is 0 Å². The summed E-state index contributed by atoms with van der Waals surface area (Å²) in [4.78, 5) is 38.3. The molecule has 1 unspecified atom stereocenters. The van der Waals surface area contributed by atoms with Gasteiger partial charge in [0.25, 0.3) is 0 Å². The van der Waals surface area contributed by atoms with Crippen LogP contribution in [0.1, 0.15) is 45.8 Å². The van der Waals surface area contributed by atoms with Crippen molar-refractivity contribution in [2.45, 2.75) is 58.2 Å². The van der Waals surface area contributed by atoms with E-state index < -0.39 is 5.25 Å². The average Bonchev–Trinajstić information content (AvgIpc) is 3.04. The first-order chi connectivity index (χ1) is 13.2. The lowest BCUT2D eigenvalue weighted by molar-refractivity contribution is -0.133. The highest BCUT2D eigenvalue weighted by Gasteiger charge is 2.24. The number of carbonyl (C=O) groups is 3. The van der Waals surface area contributed by atoms with Crippen LogP contribution in [0.15, 0.2) is 10.6 Å². The fourth-order valence-electron chi connectivity index (χ4n) is 2.95. The maximum absolute atomic E-state index is 12.2. The van der Waals surface area contributed by atoms with E-state index in [4.69, 9.17) is 4.52 Å². The minimum absolute atomic E-state index is 0.0819. The van der Waals surface area contributed by atoms with Gasteiger partial charge >= 0.3 is 0 Å². The third kappa shape index (κ3) is 7.18. The highest BCUT2D eigenvalue weighted by molar-refractivity contribution is 8.01. The molecule has 0 radical (unpaired) electrons. The summed E-state index contributed by atoms with van der Waals surface area (Å²) in [6, 6.07) is 1.72. The Kier molecular flexibility index (Phi) is 8.35. The predicted octanol–water partition coefficient (Wildman–Crippen LogP) is 2.20. The van der Waals surface area contributed by atoms with Crippen LogP contribution in [-0.4, -0.2) is 57.9 Å². The second-order valence-electron chi connectivity index (χ2n) is 7.59. The molecule has 0 aromatic carbocycles. The number of hydrogen-bond donors (Lipinski definition) is 2. The predicted molar refractivity (Wildman–Crippen MR) is 109 cm³/mol. The summed E-state index contributed by atoms with van der Waals surface area (Å²) in [6.07, 6.45) is 2.10. The Hall–Kier alpha value is -2.03. The second kappa shape index (κ2) is 10.5. The van der Waals surface area contributed by atoms with Crippen LogP contribution in [0, 0.1) is 12.8 Å². The molecule has 3 amide bonds. The minimum Gasteiger partial charge on any atom is -0.360 e. The Morgan fingerprint density at radius 3 is 2.54 bits per heavy atom. The summed E-state index contributed by atoms with van der Waals surface area (Å²) in [5.41, 5.74) is 0. The summed E-state index contributed by atoms with van der Waals surface area (Å²) in [6.45, 7) is 8.93. The van der Waals surface area contributed by atoms with E-state index in [2.05, 4.69) is 15.8 Å². The largest absolute Gasteiger partial charge is 0.360 e. The Morgan fingerprint density at radius 2 is 1.96 bits per heavy atom. The SMILES string of the molecule is Cc1cc(NC(=O)C(C)SCC(=O)NC2CCN(C(=O)CC(C)C)CC2)no1. The van der Waals surface area contributed by atoms with Gasteiger partial charge in [0.2, 0.25) is 17.7 Å². The third-order valence-corrected chi connectivity index (χ3v) is 5.65. The van der Waals surface area contributed by atoms with Gasteiger partial charge in [-0.25, -0.2) is 0 Å². The van der Waals surface area contributed by atoms with Crippen LogP contribution in [0.25, 0.3) is 0 Å². The van der Waals surface area contributed by atoms with Crippen molar-refractivity contribution in [1.82, 2.24) is 15.4 Å². The number of thioether (sulfide) groups is 1. The number of amides is 3. The summed E-state index contributed by atoms with van der Waals surface area (Å²) >= 11 is 1.27. The fraction of sp³-hybridized carbons (Fsp3) is 0.684. The van der Waals surface area contributed by atoms with Crippen LogP contribution in [0.5, 0.6) is 0 Å². The van der Waals surface area contributed by atoms with E-state index in [9.17, 15) is 14.4 Å². The monoisotopic (exact) mass is 410 g/mol. The van der Waals surface area contributed by atoms with Gasteiger partial charge in [0, 0.05) is 31.6 Å². The molecular weight excluding hydrogens is 380 g/mol. The molecule has 0 spiro atoms. The van der Waals surface area contributed by atoms with E-state index in [1.165, 1.54) is 11.8 Å². The van der Waals surface area contributed by atoms with Crippen molar-refractivity contribution in [2.75, 3.05) is 24.2 Å². The highest BCUT2D eigenvalue weighted by Crippen LogP contribution is 2.16. The standard InChI is InChI=1S/C19H30N4O4S/c1-12(2)9-18(25)23-7-5-15(6-8-23)20-17(24)11-28-14(4)19(26)21-16-10-13(3)27-22-16/h10,12,14-15H,5-9,11H2,1-4H3,(H,20,24)(H,21,22,26). The third-order valence-electron chi connectivity index (χ3n) is 4.51. The van der Waals surface area contributed by atoms with Crippen molar-refractivity contribution < 1.29 is 18.9 Å². The van der Waals surface area contributed by atoms with Crippen LogP contribution in [0.3, 0.4) is 0 Å². The number of nitrogens with zero attached hydrogens (tertiary/aromatic N) is 2. The van der Waals surface area contributed by atoms with Crippen molar-refractivity contribution in [1.29, 1.82) is 0 Å². The van der Waals surface area contributed by atoms with Gasteiger partial charge in [-0.2, -0.15) is 0 Å². The zero-order valence-corrected chi connectivity index (χ0v) is 17.8. The zero-order valence-electron chi connectivity index (χ0n) is 17.0. The Morgan fingerprint density at radius 1 is 1.29 bits per heavy atom. The van der Waals surface area contributed by atoms with E-state index in [1.807, 2.05) is 18.7 Å². The molecule has 1 atom stereocenters. The molecule has 0 bridgehead atoms. The topological polar surface area (TPSA) is 105 Å². The first-order valence-electron chi connectivity index (χ1n) is 9.67. The number of aromatic nitrogens is 1. The maximum Gasteiger partial charge on any atom is 0.238 e. The number of hydrogen-bond acceptors (Lipinski definition) is 6. The van der Waals surface area contributed by atoms with Crippen LogP contribution < -0.4 is 10.6 Å². The molecule has 0 aliphatic carbocycles. The van der Waals surface area contributed by atoms with Gasteiger partial charge in [-0.15, -0.1) is 11.8 Å². The molecule has 2 N–H and O–H groups in total. The maximum atomic E-state index is 12.2. The Labute approximate surface area is 170 Å². The number of aryl methyl sites for hydroxylation is 1. The number of likely N-dealkylation sites (tertiary alicyclic amines) is 1. The summed E-state index contributed by atoms with van der Waals surface area (Å²) in [7, 11) is 0. The normalized spacial score (nSPS) is 16.1. The smallest absolute Gasteiger partial charge is 0.238 e. The van der Waals surface area contributed by atoms with Gasteiger partial charge in [-0.1, -0.05) is 19.0 Å². The van der Waals surface area contributed by atoms with E-state index in [0.29, 0.717) is 37.0 Å². The first-order valence-corrected chi connectivity index (χ1v) is 10.7. The molecule has 8 nitrogen and oxygen atoms in total.